The highest BCUT2D eigenvalue weighted by Crippen LogP contribution is 2.46. The molecular formula is C25H22F3N5O5S. The fourth-order valence-electron chi connectivity index (χ4n) is 4.37. The van der Waals surface area contributed by atoms with Crippen LogP contribution in [0.2, 0.25) is 0 Å². The smallest absolute Gasteiger partial charge is 0.416 e. The van der Waals surface area contributed by atoms with E-state index < -0.39 is 39.5 Å². The van der Waals surface area contributed by atoms with Crippen molar-refractivity contribution in [2.45, 2.75) is 30.6 Å². The van der Waals surface area contributed by atoms with Crippen molar-refractivity contribution in [1.82, 2.24) is 15.2 Å². The van der Waals surface area contributed by atoms with Gasteiger partial charge in [0.25, 0.3) is 0 Å². The normalized spacial score (nSPS) is 15.3. The van der Waals surface area contributed by atoms with Crippen molar-refractivity contribution in [3.05, 3.63) is 70.9 Å². The summed E-state index contributed by atoms with van der Waals surface area (Å²) < 4.78 is 66.8. The van der Waals surface area contributed by atoms with Crippen LogP contribution in [-0.2, 0) is 27.4 Å². The summed E-state index contributed by atoms with van der Waals surface area (Å²) in [4.78, 5) is 25.4. The summed E-state index contributed by atoms with van der Waals surface area (Å²) in [7, 11) is -3.93. The number of benzene rings is 2. The van der Waals surface area contributed by atoms with E-state index in [0.29, 0.717) is 0 Å². The van der Waals surface area contributed by atoms with Crippen LogP contribution in [0, 0.1) is 11.3 Å². The van der Waals surface area contributed by atoms with Crippen LogP contribution in [0.3, 0.4) is 0 Å². The number of rotatable bonds is 6. The van der Waals surface area contributed by atoms with Gasteiger partial charge in [-0.2, -0.15) is 18.4 Å². The molecule has 4 rings (SSSR count). The fourth-order valence-corrected chi connectivity index (χ4v) is 5.32. The van der Waals surface area contributed by atoms with Gasteiger partial charge in [0, 0.05) is 32.5 Å². The van der Waals surface area contributed by atoms with Gasteiger partial charge in [-0.3, -0.25) is 9.69 Å². The molecule has 0 fully saturated rings. The second-order valence-electron chi connectivity index (χ2n) is 8.83. The standard InChI is InChI=1S/C25H22F3N5O5S/c1-14(34)30-8-9-32-13-19-21(23(32)35)22(18-7-6-15(12-29)10-20(18)39(2,37)38)31-24(36)33(19)17-5-3-4-16(11-17)25(26,27)28/h3-7,10-11,13,22,35H,8-9H2,1-2H3,(H,30,34)(H,31,36). The van der Waals surface area contributed by atoms with Crippen molar-refractivity contribution in [2.24, 2.45) is 0 Å². The van der Waals surface area contributed by atoms with Gasteiger partial charge in [-0.25, -0.2) is 13.2 Å². The minimum Gasteiger partial charge on any atom is -0.494 e. The van der Waals surface area contributed by atoms with E-state index in [1.54, 1.807) is 0 Å². The van der Waals surface area contributed by atoms with Crippen LogP contribution < -0.4 is 15.5 Å². The molecule has 39 heavy (non-hydrogen) atoms. The zero-order valence-electron chi connectivity index (χ0n) is 20.6. The number of anilines is 2. The number of alkyl halides is 3. The van der Waals surface area contributed by atoms with E-state index in [1.807, 2.05) is 6.07 Å². The molecule has 2 aromatic carbocycles. The number of amides is 3. The molecule has 2 heterocycles. The van der Waals surface area contributed by atoms with Crippen molar-refractivity contribution in [2.75, 3.05) is 17.7 Å². The topological polar surface area (TPSA) is 145 Å². The third kappa shape index (κ3) is 5.39. The van der Waals surface area contributed by atoms with Gasteiger partial charge in [0.15, 0.2) is 15.7 Å². The van der Waals surface area contributed by atoms with Crippen molar-refractivity contribution in [1.29, 1.82) is 5.26 Å². The van der Waals surface area contributed by atoms with Gasteiger partial charge in [0.05, 0.1) is 45.1 Å². The number of nitrogens with one attached hydrogen (secondary N) is 2. The number of hydrogen-bond donors (Lipinski definition) is 3. The molecule has 10 nitrogen and oxygen atoms in total. The van der Waals surface area contributed by atoms with Gasteiger partial charge >= 0.3 is 12.2 Å². The van der Waals surface area contributed by atoms with Gasteiger partial charge in [0.2, 0.25) is 5.91 Å². The predicted octanol–water partition coefficient (Wildman–Crippen LogP) is 3.57. The first kappa shape index (κ1) is 27.5. The summed E-state index contributed by atoms with van der Waals surface area (Å²) in [6.07, 6.45) is -2.43. The minimum absolute atomic E-state index is 0.00668. The van der Waals surface area contributed by atoms with Crippen LogP contribution >= 0.6 is 0 Å². The molecule has 0 aliphatic carbocycles. The second-order valence-corrected chi connectivity index (χ2v) is 10.8. The number of carbonyl (C=O) groups excluding carboxylic acids is 2. The number of hydrogen-bond acceptors (Lipinski definition) is 6. The lowest BCUT2D eigenvalue weighted by Crippen LogP contribution is -2.44. The van der Waals surface area contributed by atoms with Crippen LogP contribution in [-0.4, -0.2) is 42.8 Å². The summed E-state index contributed by atoms with van der Waals surface area (Å²) >= 11 is 0. The van der Waals surface area contributed by atoms with Gasteiger partial charge in [-0.05, 0) is 35.9 Å². The van der Waals surface area contributed by atoms with Gasteiger partial charge < -0.3 is 20.3 Å². The third-order valence-electron chi connectivity index (χ3n) is 6.08. The highest BCUT2D eigenvalue weighted by Gasteiger charge is 2.40. The maximum atomic E-state index is 13.4. The number of urea groups is 1. The van der Waals surface area contributed by atoms with E-state index in [9.17, 15) is 41.5 Å². The molecule has 3 aromatic rings. The summed E-state index contributed by atoms with van der Waals surface area (Å²) in [6.45, 7) is 1.41. The Morgan fingerprint density at radius 2 is 1.95 bits per heavy atom. The highest BCUT2D eigenvalue weighted by molar-refractivity contribution is 7.90. The maximum Gasteiger partial charge on any atom is 0.416 e. The van der Waals surface area contributed by atoms with E-state index in [2.05, 4.69) is 10.6 Å². The van der Waals surface area contributed by atoms with Crippen LogP contribution in [0.5, 0.6) is 5.88 Å². The Morgan fingerprint density at radius 1 is 1.23 bits per heavy atom. The molecule has 3 amide bonds. The van der Waals surface area contributed by atoms with Crippen molar-refractivity contribution >= 4 is 33.2 Å². The number of aromatic nitrogens is 1. The number of fused-ring (bicyclic) bond motifs is 1. The van der Waals surface area contributed by atoms with Crippen molar-refractivity contribution in [3.8, 4) is 11.9 Å². The average molecular weight is 562 g/mol. The van der Waals surface area contributed by atoms with E-state index in [4.69, 9.17) is 0 Å². The molecule has 1 atom stereocenters. The zero-order valence-corrected chi connectivity index (χ0v) is 21.4. The molecule has 204 valence electrons. The van der Waals surface area contributed by atoms with E-state index >= 15 is 0 Å². The first-order valence-corrected chi connectivity index (χ1v) is 13.3. The molecule has 1 aliphatic rings. The summed E-state index contributed by atoms with van der Waals surface area (Å²) in [5.74, 6) is -0.733. The molecule has 0 radical (unpaired) electrons. The predicted molar refractivity (Wildman–Crippen MR) is 133 cm³/mol. The Bertz CT molecular complexity index is 1630. The lowest BCUT2D eigenvalue weighted by atomic mass is 9.96. The Balaban J connectivity index is 1.93. The SMILES string of the molecule is CC(=O)NCCn1cc2c(c1O)C(c1ccc(C#N)cc1S(C)(=O)=O)NC(=O)N2c1cccc(C(F)(F)F)c1. The molecule has 1 unspecified atom stereocenters. The lowest BCUT2D eigenvalue weighted by Gasteiger charge is -2.34. The maximum absolute atomic E-state index is 13.4. The van der Waals surface area contributed by atoms with E-state index in [-0.39, 0.29) is 52.0 Å². The largest absolute Gasteiger partial charge is 0.494 e. The lowest BCUT2D eigenvalue weighted by molar-refractivity contribution is -0.137. The number of nitrogens with zero attached hydrogens (tertiary/aromatic N) is 3. The fraction of sp³-hybridized carbons (Fsp3) is 0.240. The highest BCUT2D eigenvalue weighted by atomic mass is 32.2. The Hall–Kier alpha value is -4.51. The summed E-state index contributed by atoms with van der Waals surface area (Å²) in [6, 6.07) is 7.59. The Labute approximate surface area is 221 Å². The molecule has 0 saturated heterocycles. The molecule has 3 N–H and O–H groups in total. The average Bonchev–Trinajstić information content (AvgIpc) is 3.17. The van der Waals surface area contributed by atoms with Crippen LogP contribution in [0.1, 0.15) is 35.2 Å². The molecule has 14 heteroatoms. The summed E-state index contributed by atoms with van der Waals surface area (Å²) in [5, 5.41) is 25.6. The van der Waals surface area contributed by atoms with Crippen molar-refractivity contribution < 1.29 is 36.3 Å². The van der Waals surface area contributed by atoms with Gasteiger partial charge in [-0.15, -0.1) is 0 Å². The van der Waals surface area contributed by atoms with Crippen LogP contribution in [0.25, 0.3) is 0 Å². The quantitative estimate of drug-likeness (QED) is 0.420. The number of carbonyl (C=O) groups is 2. The van der Waals surface area contributed by atoms with E-state index in [0.717, 1.165) is 35.4 Å². The molecule has 1 aromatic heterocycles. The first-order chi connectivity index (χ1) is 18.2. The molecule has 0 saturated carbocycles. The van der Waals surface area contributed by atoms with Crippen LogP contribution in [0.4, 0.5) is 29.3 Å². The Kier molecular flexibility index (Phi) is 7.05. The second kappa shape index (κ2) is 9.99. The number of sulfone groups is 1. The van der Waals surface area contributed by atoms with E-state index in [1.165, 1.54) is 35.9 Å². The molecule has 1 aliphatic heterocycles. The number of halogens is 3. The first-order valence-electron chi connectivity index (χ1n) is 11.4. The van der Waals surface area contributed by atoms with Gasteiger partial charge in [-0.1, -0.05) is 12.1 Å². The zero-order chi connectivity index (χ0) is 28.7. The third-order valence-corrected chi connectivity index (χ3v) is 7.23. The van der Waals surface area contributed by atoms with Gasteiger partial charge in [0.1, 0.15) is 0 Å². The Morgan fingerprint density at radius 3 is 2.56 bits per heavy atom. The van der Waals surface area contributed by atoms with Crippen LogP contribution in [0.15, 0.2) is 53.6 Å². The monoisotopic (exact) mass is 561 g/mol. The number of aromatic hydroxyl groups is 1. The van der Waals surface area contributed by atoms with Crippen molar-refractivity contribution in [3.63, 3.8) is 0 Å². The molecule has 0 spiro atoms. The summed E-state index contributed by atoms with van der Waals surface area (Å²) in [5.41, 5.74) is -1.04. The number of nitriles is 1. The molecular weight excluding hydrogens is 539 g/mol. The minimum atomic E-state index is -4.69. The molecule has 0 bridgehead atoms.